The first-order chi connectivity index (χ1) is 8.63. The molecule has 3 N–H and O–H groups in total. The van der Waals surface area contributed by atoms with Crippen molar-refractivity contribution in [1.29, 1.82) is 0 Å². The van der Waals surface area contributed by atoms with Gasteiger partial charge < -0.3 is 15.7 Å². The van der Waals surface area contributed by atoms with Crippen molar-refractivity contribution in [3.05, 3.63) is 0 Å². The van der Waals surface area contributed by atoms with Gasteiger partial charge in [-0.3, -0.25) is 4.79 Å². The zero-order valence-electron chi connectivity index (χ0n) is 10.8. The molecular formula is C12H22N2O3S. The van der Waals surface area contributed by atoms with E-state index in [-0.39, 0.29) is 5.91 Å². The van der Waals surface area contributed by atoms with Crippen LogP contribution in [0.25, 0.3) is 0 Å². The minimum absolute atomic E-state index is 0.143. The summed E-state index contributed by atoms with van der Waals surface area (Å²) in [6.45, 7) is 2.00. The predicted octanol–water partition coefficient (Wildman–Crippen LogP) is 0.699. The predicted molar refractivity (Wildman–Crippen MR) is 72.8 cm³/mol. The van der Waals surface area contributed by atoms with Crippen molar-refractivity contribution >= 4 is 23.6 Å². The van der Waals surface area contributed by atoms with E-state index < -0.39 is 12.0 Å². The zero-order chi connectivity index (χ0) is 13.4. The van der Waals surface area contributed by atoms with Gasteiger partial charge in [-0.25, -0.2) is 4.79 Å². The zero-order valence-corrected chi connectivity index (χ0v) is 11.6. The molecule has 2 atom stereocenters. The van der Waals surface area contributed by atoms with Crippen LogP contribution < -0.4 is 10.6 Å². The van der Waals surface area contributed by atoms with Crippen molar-refractivity contribution in [3.8, 4) is 0 Å². The molecule has 0 bridgehead atoms. The highest BCUT2D eigenvalue weighted by Gasteiger charge is 2.20. The third kappa shape index (κ3) is 5.73. The smallest absolute Gasteiger partial charge is 0.326 e. The largest absolute Gasteiger partial charge is 0.480 e. The molecule has 1 saturated heterocycles. The summed E-state index contributed by atoms with van der Waals surface area (Å²) in [5.41, 5.74) is 0. The number of hydrogen-bond donors (Lipinski definition) is 3. The van der Waals surface area contributed by atoms with Crippen molar-refractivity contribution in [2.24, 2.45) is 5.92 Å². The number of hydrogen-bond acceptors (Lipinski definition) is 4. The minimum atomic E-state index is -0.945. The summed E-state index contributed by atoms with van der Waals surface area (Å²) < 4.78 is 0. The number of carboxylic acid groups (broad SMARTS) is 1. The summed E-state index contributed by atoms with van der Waals surface area (Å²) in [6.07, 6.45) is 4.78. The van der Waals surface area contributed by atoms with Gasteiger partial charge in [-0.05, 0) is 50.3 Å². The molecule has 0 aromatic carbocycles. The van der Waals surface area contributed by atoms with Gasteiger partial charge >= 0.3 is 5.97 Å². The van der Waals surface area contributed by atoms with Gasteiger partial charge in [-0.2, -0.15) is 11.8 Å². The number of nitrogens with one attached hydrogen (secondary N) is 2. The first-order valence-electron chi connectivity index (χ1n) is 6.35. The van der Waals surface area contributed by atoms with Crippen LogP contribution in [0.3, 0.4) is 0 Å². The second-order valence-corrected chi connectivity index (χ2v) is 5.62. The van der Waals surface area contributed by atoms with Crippen LogP contribution in [0, 0.1) is 5.92 Å². The second kappa shape index (κ2) is 8.37. The molecule has 0 saturated carbocycles. The van der Waals surface area contributed by atoms with Crippen LogP contribution in [-0.2, 0) is 9.59 Å². The normalized spacial score (nSPS) is 20.6. The number of thioether (sulfide) groups is 1. The molecule has 0 aromatic heterocycles. The maximum Gasteiger partial charge on any atom is 0.326 e. The van der Waals surface area contributed by atoms with E-state index in [0.717, 1.165) is 31.7 Å². The monoisotopic (exact) mass is 274 g/mol. The molecule has 1 aliphatic rings. The Kier molecular flexibility index (Phi) is 7.12. The lowest BCUT2D eigenvalue weighted by atomic mass is 10.0. The van der Waals surface area contributed by atoms with Crippen LogP contribution >= 0.6 is 11.8 Å². The molecule has 2 unspecified atom stereocenters. The van der Waals surface area contributed by atoms with Gasteiger partial charge in [0.25, 0.3) is 0 Å². The van der Waals surface area contributed by atoms with Gasteiger partial charge in [-0.1, -0.05) is 0 Å². The summed E-state index contributed by atoms with van der Waals surface area (Å²) in [6, 6.07) is -0.744. The SMILES string of the molecule is CSCCC(NC(=O)CCC1CCNC1)C(=O)O. The molecule has 0 radical (unpaired) electrons. The number of carboxylic acids is 1. The maximum absolute atomic E-state index is 11.7. The highest BCUT2D eigenvalue weighted by atomic mass is 32.2. The lowest BCUT2D eigenvalue weighted by molar-refractivity contribution is -0.141. The Morgan fingerprint density at radius 1 is 1.56 bits per heavy atom. The Hall–Kier alpha value is -0.750. The number of amides is 1. The van der Waals surface area contributed by atoms with Gasteiger partial charge in [-0.15, -0.1) is 0 Å². The minimum Gasteiger partial charge on any atom is -0.480 e. The molecule has 5 nitrogen and oxygen atoms in total. The fraction of sp³-hybridized carbons (Fsp3) is 0.833. The van der Waals surface area contributed by atoms with Crippen LogP contribution in [0.5, 0.6) is 0 Å². The molecule has 1 amide bonds. The van der Waals surface area contributed by atoms with Crippen LogP contribution in [-0.4, -0.2) is 48.1 Å². The van der Waals surface area contributed by atoms with E-state index in [4.69, 9.17) is 5.11 Å². The van der Waals surface area contributed by atoms with Crippen LogP contribution in [0.2, 0.25) is 0 Å². The first kappa shape index (κ1) is 15.3. The fourth-order valence-corrected chi connectivity index (χ4v) is 2.53. The van der Waals surface area contributed by atoms with E-state index in [1.807, 2.05) is 6.26 Å². The lowest BCUT2D eigenvalue weighted by Gasteiger charge is -2.14. The second-order valence-electron chi connectivity index (χ2n) is 4.64. The van der Waals surface area contributed by atoms with Gasteiger partial charge in [0.05, 0.1) is 0 Å². The quantitative estimate of drug-likeness (QED) is 0.607. The highest BCUT2D eigenvalue weighted by Crippen LogP contribution is 2.14. The van der Waals surface area contributed by atoms with E-state index in [0.29, 0.717) is 18.8 Å². The van der Waals surface area contributed by atoms with Crippen LogP contribution in [0.15, 0.2) is 0 Å². The summed E-state index contributed by atoms with van der Waals surface area (Å²) in [4.78, 5) is 22.6. The van der Waals surface area contributed by atoms with Gasteiger partial charge in [0, 0.05) is 6.42 Å². The van der Waals surface area contributed by atoms with E-state index in [2.05, 4.69) is 10.6 Å². The van der Waals surface area contributed by atoms with E-state index in [9.17, 15) is 9.59 Å². The van der Waals surface area contributed by atoms with Crippen LogP contribution in [0.1, 0.15) is 25.7 Å². The van der Waals surface area contributed by atoms with Gasteiger partial charge in [0.1, 0.15) is 6.04 Å². The Labute approximate surface area is 112 Å². The third-order valence-electron chi connectivity index (χ3n) is 3.19. The number of aliphatic carboxylic acids is 1. The molecule has 0 aliphatic carbocycles. The molecule has 1 fully saturated rings. The summed E-state index contributed by atoms with van der Waals surface area (Å²) in [5.74, 6) is 0.213. The Bertz CT molecular complexity index is 280. The Morgan fingerprint density at radius 2 is 2.33 bits per heavy atom. The van der Waals surface area contributed by atoms with Crippen molar-refractivity contribution < 1.29 is 14.7 Å². The molecule has 0 spiro atoms. The number of carbonyl (C=O) groups is 2. The van der Waals surface area contributed by atoms with Crippen molar-refractivity contribution in [2.75, 3.05) is 25.1 Å². The average molecular weight is 274 g/mol. The Balaban J connectivity index is 2.24. The highest BCUT2D eigenvalue weighted by molar-refractivity contribution is 7.98. The molecule has 18 heavy (non-hydrogen) atoms. The van der Waals surface area contributed by atoms with Crippen LogP contribution in [0.4, 0.5) is 0 Å². The average Bonchev–Trinajstić information content (AvgIpc) is 2.84. The Morgan fingerprint density at radius 3 is 2.89 bits per heavy atom. The molecule has 0 aromatic rings. The molecule has 1 heterocycles. The summed E-state index contributed by atoms with van der Waals surface area (Å²) in [5, 5.41) is 14.9. The molecule has 104 valence electrons. The summed E-state index contributed by atoms with van der Waals surface area (Å²) >= 11 is 1.59. The number of rotatable bonds is 8. The lowest BCUT2D eigenvalue weighted by Crippen LogP contribution is -2.41. The molecule has 1 rings (SSSR count). The molecule has 1 aliphatic heterocycles. The standard InChI is InChI=1S/C12H22N2O3S/c1-18-7-5-10(12(16)17)14-11(15)3-2-9-4-6-13-8-9/h9-10,13H,2-8H2,1H3,(H,14,15)(H,16,17). The topological polar surface area (TPSA) is 78.4 Å². The molecule has 6 heteroatoms. The first-order valence-corrected chi connectivity index (χ1v) is 7.74. The third-order valence-corrected chi connectivity index (χ3v) is 3.83. The molecular weight excluding hydrogens is 252 g/mol. The van der Waals surface area contributed by atoms with E-state index in [1.54, 1.807) is 11.8 Å². The summed E-state index contributed by atoms with van der Waals surface area (Å²) in [7, 11) is 0. The van der Waals surface area contributed by atoms with Crippen molar-refractivity contribution in [3.63, 3.8) is 0 Å². The fourth-order valence-electron chi connectivity index (χ4n) is 2.06. The van der Waals surface area contributed by atoms with Gasteiger partial charge in [0.15, 0.2) is 0 Å². The number of carbonyl (C=O) groups excluding carboxylic acids is 1. The maximum atomic E-state index is 11.7. The van der Waals surface area contributed by atoms with Crippen molar-refractivity contribution in [1.82, 2.24) is 10.6 Å². The van der Waals surface area contributed by atoms with E-state index >= 15 is 0 Å². The van der Waals surface area contributed by atoms with Crippen molar-refractivity contribution in [2.45, 2.75) is 31.7 Å². The van der Waals surface area contributed by atoms with Gasteiger partial charge in [0.2, 0.25) is 5.91 Å². The van der Waals surface area contributed by atoms with E-state index in [1.165, 1.54) is 0 Å².